The number of rotatable bonds is 7. The Hall–Kier alpha value is -3.22. The number of hydrogen-bond acceptors (Lipinski definition) is 4. The van der Waals surface area contributed by atoms with Crippen LogP contribution in [-0.2, 0) is 16.1 Å². The largest absolute Gasteiger partial charge is 0.484 e. The Morgan fingerprint density at radius 1 is 1.03 bits per heavy atom. The van der Waals surface area contributed by atoms with Crippen molar-refractivity contribution in [3.8, 4) is 5.75 Å². The molecule has 3 aromatic rings. The van der Waals surface area contributed by atoms with E-state index in [0.717, 1.165) is 34.5 Å². The standard InChI is InChI=1S/C22H27N3O4/c1-6-24-16(5)21(22(27)28-7-2)18-12-17(10-11-19(18)24)29-13-20(26)23-25-14(3)8-9-15(25)4/h8-12H,6-7,13H2,1-5H3,(H,23,26). The smallest absolute Gasteiger partial charge is 0.340 e. The predicted octanol–water partition coefficient (Wildman–Crippen LogP) is 3.71. The molecule has 7 heteroatoms. The number of ether oxygens (including phenoxy) is 2. The number of aromatic nitrogens is 2. The lowest BCUT2D eigenvalue weighted by atomic mass is 10.1. The number of hydrogen-bond donors (Lipinski definition) is 1. The second kappa shape index (κ2) is 8.43. The summed E-state index contributed by atoms with van der Waals surface area (Å²) in [4.78, 5) is 24.8. The van der Waals surface area contributed by atoms with Gasteiger partial charge in [-0.1, -0.05) is 0 Å². The topological polar surface area (TPSA) is 74.5 Å². The molecule has 0 aliphatic rings. The molecular weight excluding hydrogens is 370 g/mol. The highest BCUT2D eigenvalue weighted by molar-refractivity contribution is 6.06. The zero-order valence-electron chi connectivity index (χ0n) is 17.5. The van der Waals surface area contributed by atoms with Gasteiger partial charge < -0.3 is 14.0 Å². The minimum absolute atomic E-state index is 0.134. The van der Waals surface area contributed by atoms with Crippen molar-refractivity contribution in [3.63, 3.8) is 0 Å². The van der Waals surface area contributed by atoms with E-state index in [1.807, 2.05) is 52.0 Å². The van der Waals surface area contributed by atoms with Gasteiger partial charge in [0.15, 0.2) is 6.61 Å². The predicted molar refractivity (Wildman–Crippen MR) is 112 cm³/mol. The summed E-state index contributed by atoms with van der Waals surface area (Å²) in [6, 6.07) is 9.37. The number of esters is 1. The third kappa shape index (κ3) is 3.99. The van der Waals surface area contributed by atoms with E-state index in [1.165, 1.54) is 0 Å². The first-order valence-corrected chi connectivity index (χ1v) is 9.74. The maximum Gasteiger partial charge on any atom is 0.340 e. The lowest BCUT2D eigenvalue weighted by Gasteiger charge is -2.12. The van der Waals surface area contributed by atoms with Crippen molar-refractivity contribution >= 4 is 22.8 Å². The fourth-order valence-electron chi connectivity index (χ4n) is 3.57. The third-order valence-electron chi connectivity index (χ3n) is 4.97. The molecule has 0 atom stereocenters. The minimum Gasteiger partial charge on any atom is -0.484 e. The maximum absolute atomic E-state index is 12.5. The molecule has 2 aromatic heterocycles. The first-order valence-electron chi connectivity index (χ1n) is 9.74. The van der Waals surface area contributed by atoms with Gasteiger partial charge in [0.25, 0.3) is 5.91 Å². The number of amides is 1. The molecule has 3 rings (SSSR count). The van der Waals surface area contributed by atoms with E-state index in [9.17, 15) is 9.59 Å². The maximum atomic E-state index is 12.5. The van der Waals surface area contributed by atoms with Crippen LogP contribution in [-0.4, -0.2) is 34.3 Å². The molecule has 154 valence electrons. The molecule has 0 bridgehead atoms. The van der Waals surface area contributed by atoms with Crippen molar-refractivity contribution in [2.75, 3.05) is 18.6 Å². The molecule has 0 aliphatic carbocycles. The Morgan fingerprint density at radius 2 is 1.72 bits per heavy atom. The summed E-state index contributed by atoms with van der Waals surface area (Å²) in [6.07, 6.45) is 0. The molecule has 1 aromatic carbocycles. The van der Waals surface area contributed by atoms with Crippen LogP contribution >= 0.6 is 0 Å². The molecule has 0 spiro atoms. The Labute approximate surface area is 170 Å². The summed E-state index contributed by atoms with van der Waals surface area (Å²) >= 11 is 0. The number of nitrogens with zero attached hydrogens (tertiary/aromatic N) is 2. The average molecular weight is 397 g/mol. The first-order chi connectivity index (χ1) is 13.9. The van der Waals surface area contributed by atoms with E-state index in [0.29, 0.717) is 17.9 Å². The fraction of sp³-hybridized carbons (Fsp3) is 0.364. The van der Waals surface area contributed by atoms with Gasteiger partial charge in [0.1, 0.15) is 5.75 Å². The lowest BCUT2D eigenvalue weighted by molar-refractivity contribution is -0.119. The second-order valence-corrected chi connectivity index (χ2v) is 6.88. The molecule has 0 saturated carbocycles. The van der Waals surface area contributed by atoms with Crippen LogP contribution in [0.2, 0.25) is 0 Å². The van der Waals surface area contributed by atoms with E-state index in [4.69, 9.17) is 9.47 Å². The lowest BCUT2D eigenvalue weighted by Crippen LogP contribution is -2.29. The molecular formula is C22H27N3O4. The van der Waals surface area contributed by atoms with Gasteiger partial charge in [-0.2, -0.15) is 0 Å². The normalized spacial score (nSPS) is 10.9. The van der Waals surface area contributed by atoms with Crippen LogP contribution in [0.25, 0.3) is 10.9 Å². The molecule has 1 N–H and O–H groups in total. The molecule has 0 unspecified atom stereocenters. The fourth-order valence-corrected chi connectivity index (χ4v) is 3.57. The Bertz CT molecular complexity index is 1040. The Morgan fingerprint density at radius 3 is 2.34 bits per heavy atom. The van der Waals surface area contributed by atoms with Gasteiger partial charge in [-0.25, -0.2) is 4.79 Å². The number of nitrogens with one attached hydrogen (secondary N) is 1. The van der Waals surface area contributed by atoms with Gasteiger partial charge in [-0.3, -0.25) is 14.9 Å². The summed E-state index contributed by atoms with van der Waals surface area (Å²) in [5.74, 6) is -0.0940. The van der Waals surface area contributed by atoms with Gasteiger partial charge in [0.2, 0.25) is 0 Å². The summed E-state index contributed by atoms with van der Waals surface area (Å²) in [7, 11) is 0. The van der Waals surface area contributed by atoms with Crippen LogP contribution in [0.4, 0.5) is 0 Å². The highest BCUT2D eigenvalue weighted by Crippen LogP contribution is 2.30. The van der Waals surface area contributed by atoms with Crippen molar-refractivity contribution in [1.29, 1.82) is 0 Å². The summed E-state index contributed by atoms with van der Waals surface area (Å²) in [5, 5.41) is 0.762. The van der Waals surface area contributed by atoms with Crippen LogP contribution in [0.3, 0.4) is 0 Å². The first kappa shape index (κ1) is 20.5. The van der Waals surface area contributed by atoms with Crippen molar-refractivity contribution in [1.82, 2.24) is 9.24 Å². The number of benzene rings is 1. The van der Waals surface area contributed by atoms with Gasteiger partial charge in [-0.05, 0) is 65.0 Å². The zero-order chi connectivity index (χ0) is 21.1. The molecule has 0 aliphatic heterocycles. The summed E-state index contributed by atoms with van der Waals surface area (Å²) in [6.45, 7) is 10.5. The third-order valence-corrected chi connectivity index (χ3v) is 4.97. The van der Waals surface area contributed by atoms with E-state index < -0.39 is 0 Å². The molecule has 2 heterocycles. The van der Waals surface area contributed by atoms with Crippen molar-refractivity contribution < 1.29 is 19.1 Å². The number of fused-ring (bicyclic) bond motifs is 1. The zero-order valence-corrected chi connectivity index (χ0v) is 17.5. The molecule has 0 saturated heterocycles. The monoisotopic (exact) mass is 397 g/mol. The van der Waals surface area contributed by atoms with Gasteiger partial charge >= 0.3 is 5.97 Å². The van der Waals surface area contributed by atoms with Crippen molar-refractivity contribution in [3.05, 3.63) is 53.0 Å². The Kier molecular flexibility index (Phi) is 5.96. The highest BCUT2D eigenvalue weighted by Gasteiger charge is 2.21. The van der Waals surface area contributed by atoms with Crippen LogP contribution in [0.15, 0.2) is 30.3 Å². The van der Waals surface area contributed by atoms with Crippen LogP contribution in [0.5, 0.6) is 5.75 Å². The minimum atomic E-state index is -0.351. The SMILES string of the molecule is CCOC(=O)c1c(C)n(CC)c2ccc(OCC(=O)Nn3c(C)ccc3C)cc12. The van der Waals surface area contributed by atoms with Crippen molar-refractivity contribution in [2.45, 2.75) is 41.2 Å². The molecule has 0 fully saturated rings. The highest BCUT2D eigenvalue weighted by atomic mass is 16.5. The van der Waals surface area contributed by atoms with E-state index in [-0.39, 0.29) is 18.5 Å². The molecule has 7 nitrogen and oxygen atoms in total. The number of carbonyl (C=O) groups is 2. The molecule has 0 radical (unpaired) electrons. The summed E-state index contributed by atoms with van der Waals surface area (Å²) < 4.78 is 14.7. The van der Waals surface area contributed by atoms with Crippen LogP contribution in [0.1, 0.15) is 41.3 Å². The molecule has 29 heavy (non-hydrogen) atoms. The van der Waals surface area contributed by atoms with Gasteiger partial charge in [0.05, 0.1) is 12.2 Å². The van der Waals surface area contributed by atoms with Crippen LogP contribution in [0, 0.1) is 20.8 Å². The van der Waals surface area contributed by atoms with Gasteiger partial charge in [0, 0.05) is 34.5 Å². The second-order valence-electron chi connectivity index (χ2n) is 6.88. The van der Waals surface area contributed by atoms with Gasteiger partial charge in [-0.15, -0.1) is 0 Å². The number of carbonyl (C=O) groups excluding carboxylic acids is 2. The average Bonchev–Trinajstić information content (AvgIpc) is 3.16. The quantitative estimate of drug-likeness (QED) is 0.617. The molecule has 1 amide bonds. The summed E-state index contributed by atoms with van der Waals surface area (Å²) in [5.41, 5.74) is 7.01. The van der Waals surface area contributed by atoms with Crippen LogP contribution < -0.4 is 10.2 Å². The Balaban J connectivity index is 1.82. The van der Waals surface area contributed by atoms with E-state index in [1.54, 1.807) is 17.7 Å². The van der Waals surface area contributed by atoms with E-state index in [2.05, 4.69) is 9.99 Å². The van der Waals surface area contributed by atoms with E-state index >= 15 is 0 Å². The number of aryl methyl sites for hydroxylation is 3. The van der Waals surface area contributed by atoms with Crippen molar-refractivity contribution in [2.24, 2.45) is 0 Å².